The molecule has 0 saturated carbocycles. The predicted octanol–water partition coefficient (Wildman–Crippen LogP) is 3.91. The molecule has 0 amide bonds. The summed E-state index contributed by atoms with van der Waals surface area (Å²) in [5, 5.41) is 8.35. The average molecular weight is 320 g/mol. The van der Waals surface area contributed by atoms with E-state index in [1.54, 1.807) is 6.07 Å². The van der Waals surface area contributed by atoms with Crippen LogP contribution in [0.1, 0.15) is 22.2 Å². The first-order chi connectivity index (χ1) is 10.1. The Morgan fingerprint density at radius 3 is 2.57 bits per heavy atom. The SMILES string of the molecule is CCc1ccc(NC(=S)Nc2ccsc2C(=O)OC)cc1. The third-order valence-electron chi connectivity index (χ3n) is 2.90. The minimum absolute atomic E-state index is 0.373. The number of ether oxygens (including phenoxy) is 1. The van der Waals surface area contributed by atoms with Crippen molar-refractivity contribution >= 4 is 46.0 Å². The van der Waals surface area contributed by atoms with Crippen molar-refractivity contribution in [3.8, 4) is 0 Å². The highest BCUT2D eigenvalue weighted by molar-refractivity contribution is 7.80. The van der Waals surface area contributed by atoms with E-state index >= 15 is 0 Å². The second kappa shape index (κ2) is 7.19. The van der Waals surface area contributed by atoms with Gasteiger partial charge < -0.3 is 15.4 Å². The van der Waals surface area contributed by atoms with E-state index in [1.165, 1.54) is 24.0 Å². The predicted molar refractivity (Wildman–Crippen MR) is 91.3 cm³/mol. The number of nitrogens with one attached hydrogen (secondary N) is 2. The van der Waals surface area contributed by atoms with Gasteiger partial charge in [-0.25, -0.2) is 4.79 Å². The quantitative estimate of drug-likeness (QED) is 0.661. The number of methoxy groups -OCH3 is 1. The summed E-state index contributed by atoms with van der Waals surface area (Å²) in [6, 6.07) is 9.85. The zero-order valence-corrected chi connectivity index (χ0v) is 13.4. The molecule has 0 aliphatic carbocycles. The van der Waals surface area contributed by atoms with Crippen molar-refractivity contribution in [3.05, 3.63) is 46.2 Å². The van der Waals surface area contributed by atoms with Gasteiger partial charge in [-0.2, -0.15) is 0 Å². The maximum atomic E-state index is 11.6. The standard InChI is InChI=1S/C15H16N2O2S2/c1-3-10-4-6-11(7-5-10)16-15(20)17-12-8-9-21-13(12)14(18)19-2/h4-9H,3H2,1-2H3,(H2,16,17,20). The Kier molecular flexibility index (Phi) is 5.30. The Bertz CT molecular complexity index is 635. The first kappa shape index (κ1) is 15.5. The maximum absolute atomic E-state index is 11.6. The number of esters is 1. The van der Waals surface area contributed by atoms with Crippen LogP contribution in [0.3, 0.4) is 0 Å². The van der Waals surface area contributed by atoms with Crippen molar-refractivity contribution < 1.29 is 9.53 Å². The van der Waals surface area contributed by atoms with Crippen molar-refractivity contribution in [2.45, 2.75) is 13.3 Å². The highest BCUT2D eigenvalue weighted by Crippen LogP contribution is 2.23. The number of benzene rings is 1. The van der Waals surface area contributed by atoms with Gasteiger partial charge >= 0.3 is 5.97 Å². The molecule has 0 aliphatic rings. The van der Waals surface area contributed by atoms with Gasteiger partial charge in [-0.1, -0.05) is 19.1 Å². The largest absolute Gasteiger partial charge is 0.465 e. The lowest BCUT2D eigenvalue weighted by Crippen LogP contribution is -2.20. The smallest absolute Gasteiger partial charge is 0.350 e. The fourth-order valence-corrected chi connectivity index (χ4v) is 2.76. The van der Waals surface area contributed by atoms with E-state index in [1.807, 2.05) is 17.5 Å². The monoisotopic (exact) mass is 320 g/mol. The minimum Gasteiger partial charge on any atom is -0.465 e. The van der Waals surface area contributed by atoms with E-state index in [2.05, 4.69) is 29.7 Å². The first-order valence-electron chi connectivity index (χ1n) is 6.46. The normalized spacial score (nSPS) is 10.0. The number of thiocarbonyl (C=S) groups is 1. The summed E-state index contributed by atoms with van der Waals surface area (Å²) >= 11 is 6.57. The van der Waals surface area contributed by atoms with Gasteiger partial charge in [-0.05, 0) is 47.8 Å². The number of anilines is 2. The van der Waals surface area contributed by atoms with Crippen LogP contribution in [0.4, 0.5) is 11.4 Å². The molecule has 2 rings (SSSR count). The van der Waals surface area contributed by atoms with Crippen molar-refractivity contribution in [3.63, 3.8) is 0 Å². The van der Waals surface area contributed by atoms with Crippen LogP contribution < -0.4 is 10.6 Å². The zero-order valence-electron chi connectivity index (χ0n) is 11.8. The molecule has 21 heavy (non-hydrogen) atoms. The summed E-state index contributed by atoms with van der Waals surface area (Å²) in [6.07, 6.45) is 1.00. The van der Waals surface area contributed by atoms with Crippen molar-refractivity contribution in [1.82, 2.24) is 0 Å². The Balaban J connectivity index is 2.01. The van der Waals surface area contributed by atoms with Gasteiger partial charge in [0.05, 0.1) is 12.8 Å². The molecule has 0 atom stereocenters. The number of hydrogen-bond acceptors (Lipinski definition) is 4. The van der Waals surface area contributed by atoms with Gasteiger partial charge in [0.15, 0.2) is 5.11 Å². The average Bonchev–Trinajstić information content (AvgIpc) is 2.95. The van der Waals surface area contributed by atoms with Crippen LogP contribution in [0.5, 0.6) is 0 Å². The van der Waals surface area contributed by atoms with E-state index < -0.39 is 0 Å². The van der Waals surface area contributed by atoms with Gasteiger partial charge in [0.1, 0.15) is 4.88 Å². The molecule has 4 nitrogen and oxygen atoms in total. The van der Waals surface area contributed by atoms with Crippen LogP contribution in [-0.4, -0.2) is 18.2 Å². The third kappa shape index (κ3) is 4.03. The fourth-order valence-electron chi connectivity index (χ4n) is 1.77. The molecule has 1 aromatic carbocycles. The second-order valence-electron chi connectivity index (χ2n) is 4.28. The third-order valence-corrected chi connectivity index (χ3v) is 4.00. The number of aryl methyl sites for hydroxylation is 1. The number of thiophene rings is 1. The van der Waals surface area contributed by atoms with E-state index in [4.69, 9.17) is 17.0 Å². The number of carbonyl (C=O) groups excluding carboxylic acids is 1. The summed E-state index contributed by atoms with van der Waals surface area (Å²) in [5.74, 6) is -0.373. The molecule has 0 saturated heterocycles. The van der Waals surface area contributed by atoms with Crippen molar-refractivity contribution in [2.75, 3.05) is 17.7 Å². The molecule has 0 aliphatic heterocycles. The Morgan fingerprint density at radius 2 is 1.95 bits per heavy atom. The topological polar surface area (TPSA) is 50.4 Å². The number of rotatable bonds is 4. The first-order valence-corrected chi connectivity index (χ1v) is 7.75. The molecule has 0 radical (unpaired) electrons. The highest BCUT2D eigenvalue weighted by atomic mass is 32.1. The molecule has 1 heterocycles. The molecule has 0 fully saturated rings. The summed E-state index contributed by atoms with van der Waals surface area (Å²) in [5.41, 5.74) is 2.82. The fraction of sp³-hybridized carbons (Fsp3) is 0.200. The van der Waals surface area contributed by atoms with Crippen LogP contribution in [0, 0.1) is 0 Å². The lowest BCUT2D eigenvalue weighted by molar-refractivity contribution is 0.0607. The molecular formula is C15H16N2O2S2. The Hall–Kier alpha value is -1.92. The highest BCUT2D eigenvalue weighted by Gasteiger charge is 2.14. The Morgan fingerprint density at radius 1 is 1.24 bits per heavy atom. The summed E-state index contributed by atoms with van der Waals surface area (Å²) < 4.78 is 4.73. The summed E-state index contributed by atoms with van der Waals surface area (Å²) in [6.45, 7) is 2.11. The molecule has 0 bridgehead atoms. The molecule has 2 N–H and O–H groups in total. The van der Waals surface area contributed by atoms with E-state index in [0.717, 1.165) is 12.1 Å². The molecule has 6 heteroatoms. The summed E-state index contributed by atoms with van der Waals surface area (Å²) in [7, 11) is 1.36. The van der Waals surface area contributed by atoms with Gasteiger partial charge in [-0.15, -0.1) is 11.3 Å². The summed E-state index contributed by atoms with van der Waals surface area (Å²) in [4.78, 5) is 12.1. The second-order valence-corrected chi connectivity index (χ2v) is 5.61. The molecule has 1 aromatic heterocycles. The van der Waals surface area contributed by atoms with Crippen LogP contribution in [0.2, 0.25) is 0 Å². The van der Waals surface area contributed by atoms with Crippen LogP contribution in [-0.2, 0) is 11.2 Å². The van der Waals surface area contributed by atoms with Gasteiger partial charge in [0.25, 0.3) is 0 Å². The lowest BCUT2D eigenvalue weighted by atomic mass is 10.1. The van der Waals surface area contributed by atoms with Crippen LogP contribution in [0.25, 0.3) is 0 Å². The minimum atomic E-state index is -0.373. The van der Waals surface area contributed by atoms with E-state index in [9.17, 15) is 4.79 Å². The molecule has 2 aromatic rings. The number of hydrogen-bond donors (Lipinski definition) is 2. The lowest BCUT2D eigenvalue weighted by Gasteiger charge is -2.11. The van der Waals surface area contributed by atoms with Crippen LogP contribution >= 0.6 is 23.6 Å². The van der Waals surface area contributed by atoms with Crippen molar-refractivity contribution in [2.24, 2.45) is 0 Å². The molecule has 110 valence electrons. The van der Waals surface area contributed by atoms with Crippen LogP contribution in [0.15, 0.2) is 35.7 Å². The van der Waals surface area contributed by atoms with Gasteiger partial charge in [-0.3, -0.25) is 0 Å². The van der Waals surface area contributed by atoms with Gasteiger partial charge in [0.2, 0.25) is 0 Å². The Labute approximate surface area is 133 Å². The number of carbonyl (C=O) groups is 1. The van der Waals surface area contributed by atoms with E-state index in [-0.39, 0.29) is 5.97 Å². The molecular weight excluding hydrogens is 304 g/mol. The molecule has 0 spiro atoms. The maximum Gasteiger partial charge on any atom is 0.350 e. The van der Waals surface area contributed by atoms with E-state index in [0.29, 0.717) is 15.7 Å². The van der Waals surface area contributed by atoms with Crippen molar-refractivity contribution in [1.29, 1.82) is 0 Å². The van der Waals surface area contributed by atoms with Gasteiger partial charge in [0, 0.05) is 5.69 Å². The zero-order chi connectivity index (χ0) is 15.2. The molecule has 0 unspecified atom stereocenters.